The standard InChI is InChI=1S/C21H29N5O.HI/c1-3-22-21(24-13-18-7-5-4-6-8-18)25-15-19-9-10-20(23-14-19)26-11-12-27-17(2)16-26;/h4-10,14,17H,3,11-13,15-16H2,1-2H3,(H2,22,24,25);1H. The zero-order valence-electron chi connectivity index (χ0n) is 16.6. The predicted molar refractivity (Wildman–Crippen MR) is 125 cm³/mol. The SMILES string of the molecule is CCNC(=NCc1ccc(N2CCOC(C)C2)nc1)NCc1ccccc1.I. The van der Waals surface area contributed by atoms with Crippen molar-refractivity contribution in [3.8, 4) is 0 Å². The Balaban J connectivity index is 0.00000280. The highest BCUT2D eigenvalue weighted by molar-refractivity contribution is 14.0. The van der Waals surface area contributed by atoms with E-state index < -0.39 is 0 Å². The molecule has 0 spiro atoms. The van der Waals surface area contributed by atoms with Crippen molar-refractivity contribution in [2.45, 2.75) is 33.0 Å². The molecular formula is C21H30IN5O. The van der Waals surface area contributed by atoms with E-state index in [2.05, 4.69) is 63.6 Å². The molecule has 0 aliphatic carbocycles. The number of anilines is 1. The van der Waals surface area contributed by atoms with E-state index in [1.807, 2.05) is 24.4 Å². The number of halogens is 1. The molecule has 3 rings (SSSR count). The van der Waals surface area contributed by atoms with Crippen LogP contribution in [-0.2, 0) is 17.8 Å². The number of benzene rings is 1. The zero-order valence-corrected chi connectivity index (χ0v) is 18.9. The molecule has 1 aromatic carbocycles. The first-order valence-electron chi connectivity index (χ1n) is 9.62. The molecule has 0 amide bonds. The van der Waals surface area contributed by atoms with Crippen molar-refractivity contribution in [2.75, 3.05) is 31.1 Å². The number of guanidine groups is 1. The highest BCUT2D eigenvalue weighted by Crippen LogP contribution is 2.15. The molecule has 1 aliphatic rings. The number of ether oxygens (including phenoxy) is 1. The smallest absolute Gasteiger partial charge is 0.191 e. The third-order valence-corrected chi connectivity index (χ3v) is 4.44. The number of hydrogen-bond donors (Lipinski definition) is 2. The Morgan fingerprint density at radius 1 is 1.18 bits per heavy atom. The molecule has 28 heavy (non-hydrogen) atoms. The first-order chi connectivity index (χ1) is 13.2. The second-order valence-electron chi connectivity index (χ2n) is 6.69. The van der Waals surface area contributed by atoms with Crippen LogP contribution in [0.15, 0.2) is 53.7 Å². The fourth-order valence-corrected chi connectivity index (χ4v) is 3.02. The molecular weight excluding hydrogens is 465 g/mol. The third-order valence-electron chi connectivity index (χ3n) is 4.44. The highest BCUT2D eigenvalue weighted by atomic mass is 127. The highest BCUT2D eigenvalue weighted by Gasteiger charge is 2.17. The number of morpholine rings is 1. The van der Waals surface area contributed by atoms with Crippen molar-refractivity contribution in [3.63, 3.8) is 0 Å². The molecule has 1 atom stereocenters. The first kappa shape index (κ1) is 22.4. The molecule has 0 saturated carbocycles. The fourth-order valence-electron chi connectivity index (χ4n) is 3.02. The molecule has 0 bridgehead atoms. The summed E-state index contributed by atoms with van der Waals surface area (Å²) in [6, 6.07) is 14.5. The minimum absolute atomic E-state index is 0. The number of nitrogens with zero attached hydrogens (tertiary/aromatic N) is 3. The Morgan fingerprint density at radius 3 is 2.68 bits per heavy atom. The van der Waals surface area contributed by atoms with Gasteiger partial charge in [-0.1, -0.05) is 36.4 Å². The summed E-state index contributed by atoms with van der Waals surface area (Å²) in [4.78, 5) is 11.6. The Morgan fingerprint density at radius 2 is 2.00 bits per heavy atom. The molecule has 1 saturated heterocycles. The van der Waals surface area contributed by atoms with E-state index in [4.69, 9.17) is 4.74 Å². The van der Waals surface area contributed by atoms with E-state index in [9.17, 15) is 0 Å². The van der Waals surface area contributed by atoms with Crippen molar-refractivity contribution in [3.05, 3.63) is 59.8 Å². The maximum absolute atomic E-state index is 5.59. The van der Waals surface area contributed by atoms with Crippen LogP contribution >= 0.6 is 24.0 Å². The van der Waals surface area contributed by atoms with E-state index in [-0.39, 0.29) is 30.1 Å². The molecule has 2 heterocycles. The van der Waals surface area contributed by atoms with Gasteiger partial charge in [-0.2, -0.15) is 0 Å². The summed E-state index contributed by atoms with van der Waals surface area (Å²) >= 11 is 0. The van der Waals surface area contributed by atoms with Gasteiger partial charge in [-0.15, -0.1) is 24.0 Å². The van der Waals surface area contributed by atoms with Gasteiger partial charge in [0.25, 0.3) is 0 Å². The number of aliphatic imine (C=N–C) groups is 1. The van der Waals surface area contributed by atoms with Gasteiger partial charge in [0.2, 0.25) is 0 Å². The van der Waals surface area contributed by atoms with Crippen LogP contribution in [0.25, 0.3) is 0 Å². The number of hydrogen-bond acceptors (Lipinski definition) is 4. The van der Waals surface area contributed by atoms with Gasteiger partial charge in [0.05, 0.1) is 19.3 Å². The summed E-state index contributed by atoms with van der Waals surface area (Å²) < 4.78 is 5.59. The van der Waals surface area contributed by atoms with Gasteiger partial charge in [-0.3, -0.25) is 0 Å². The van der Waals surface area contributed by atoms with Crippen LogP contribution in [0, 0.1) is 0 Å². The quantitative estimate of drug-likeness (QED) is 0.366. The minimum atomic E-state index is 0. The Bertz CT molecular complexity index is 723. The van der Waals surface area contributed by atoms with E-state index in [0.717, 1.165) is 50.1 Å². The van der Waals surface area contributed by atoms with Gasteiger partial charge in [-0.25, -0.2) is 9.98 Å². The fraction of sp³-hybridized carbons (Fsp3) is 0.429. The van der Waals surface area contributed by atoms with Crippen molar-refractivity contribution in [1.82, 2.24) is 15.6 Å². The Labute approximate surface area is 184 Å². The van der Waals surface area contributed by atoms with Crippen LogP contribution in [-0.4, -0.2) is 43.3 Å². The lowest BCUT2D eigenvalue weighted by Crippen LogP contribution is -2.41. The molecule has 7 heteroatoms. The summed E-state index contributed by atoms with van der Waals surface area (Å²) in [6.45, 7) is 8.87. The maximum Gasteiger partial charge on any atom is 0.191 e. The van der Waals surface area contributed by atoms with Crippen molar-refractivity contribution < 1.29 is 4.74 Å². The minimum Gasteiger partial charge on any atom is -0.375 e. The van der Waals surface area contributed by atoms with Crippen molar-refractivity contribution in [1.29, 1.82) is 0 Å². The van der Waals surface area contributed by atoms with Crippen LogP contribution in [0.3, 0.4) is 0 Å². The molecule has 2 aromatic rings. The van der Waals surface area contributed by atoms with Gasteiger partial charge in [0.15, 0.2) is 5.96 Å². The molecule has 0 radical (unpaired) electrons. The van der Waals surface area contributed by atoms with Crippen LogP contribution in [0.5, 0.6) is 0 Å². The van der Waals surface area contributed by atoms with Gasteiger partial charge in [0, 0.05) is 32.4 Å². The van der Waals surface area contributed by atoms with Gasteiger partial charge >= 0.3 is 0 Å². The summed E-state index contributed by atoms with van der Waals surface area (Å²) in [5.74, 6) is 1.82. The second kappa shape index (κ2) is 11.9. The summed E-state index contributed by atoms with van der Waals surface area (Å²) in [5.41, 5.74) is 2.32. The summed E-state index contributed by atoms with van der Waals surface area (Å²) in [6.07, 6.45) is 2.17. The number of pyridine rings is 1. The third kappa shape index (κ3) is 6.94. The average Bonchev–Trinajstić information content (AvgIpc) is 2.71. The Hall–Kier alpha value is -1.87. The lowest BCUT2D eigenvalue weighted by molar-refractivity contribution is 0.0529. The van der Waals surface area contributed by atoms with E-state index in [1.54, 1.807) is 0 Å². The molecule has 6 nitrogen and oxygen atoms in total. The van der Waals surface area contributed by atoms with Gasteiger partial charge in [0.1, 0.15) is 5.82 Å². The second-order valence-corrected chi connectivity index (χ2v) is 6.69. The topological polar surface area (TPSA) is 61.8 Å². The van der Waals surface area contributed by atoms with Crippen LogP contribution < -0.4 is 15.5 Å². The molecule has 1 aromatic heterocycles. The summed E-state index contributed by atoms with van der Waals surface area (Å²) in [5, 5.41) is 6.66. The molecule has 1 fully saturated rings. The van der Waals surface area contributed by atoms with Gasteiger partial charge < -0.3 is 20.3 Å². The van der Waals surface area contributed by atoms with Crippen LogP contribution in [0.4, 0.5) is 5.82 Å². The number of nitrogens with one attached hydrogen (secondary N) is 2. The zero-order chi connectivity index (χ0) is 18.9. The normalized spacial score (nSPS) is 17.0. The maximum atomic E-state index is 5.59. The van der Waals surface area contributed by atoms with Crippen LogP contribution in [0.1, 0.15) is 25.0 Å². The van der Waals surface area contributed by atoms with Gasteiger partial charge in [-0.05, 0) is 31.0 Å². The van der Waals surface area contributed by atoms with E-state index >= 15 is 0 Å². The summed E-state index contributed by atoms with van der Waals surface area (Å²) in [7, 11) is 0. The largest absolute Gasteiger partial charge is 0.375 e. The van der Waals surface area contributed by atoms with Crippen molar-refractivity contribution >= 4 is 35.8 Å². The average molecular weight is 495 g/mol. The van der Waals surface area contributed by atoms with Crippen LogP contribution in [0.2, 0.25) is 0 Å². The molecule has 2 N–H and O–H groups in total. The first-order valence-corrected chi connectivity index (χ1v) is 9.62. The lowest BCUT2D eigenvalue weighted by atomic mass is 10.2. The Kier molecular flexibility index (Phi) is 9.49. The van der Waals surface area contributed by atoms with E-state index in [0.29, 0.717) is 6.54 Å². The molecule has 152 valence electrons. The molecule has 1 aliphatic heterocycles. The number of aromatic nitrogens is 1. The van der Waals surface area contributed by atoms with Crippen molar-refractivity contribution in [2.24, 2.45) is 4.99 Å². The number of rotatable bonds is 6. The molecule has 1 unspecified atom stereocenters. The van der Waals surface area contributed by atoms with E-state index in [1.165, 1.54) is 5.56 Å². The monoisotopic (exact) mass is 495 g/mol. The predicted octanol–water partition coefficient (Wildman–Crippen LogP) is 3.18. The lowest BCUT2D eigenvalue weighted by Gasteiger charge is -2.32.